The highest BCUT2D eigenvalue weighted by atomic mass is 16.2. The van der Waals surface area contributed by atoms with Crippen LogP contribution in [0.3, 0.4) is 0 Å². The van der Waals surface area contributed by atoms with Crippen LogP contribution in [0.15, 0.2) is 0 Å². The first-order valence-corrected chi connectivity index (χ1v) is 5.11. The molecule has 0 aromatic rings. The van der Waals surface area contributed by atoms with Gasteiger partial charge in [-0.3, -0.25) is 9.59 Å². The highest BCUT2D eigenvalue weighted by Crippen LogP contribution is 2.33. The Morgan fingerprint density at radius 3 is 2.29 bits per heavy atom. The van der Waals surface area contributed by atoms with Gasteiger partial charge in [0.05, 0.1) is 6.04 Å². The van der Waals surface area contributed by atoms with Crippen molar-refractivity contribution >= 4 is 11.7 Å². The van der Waals surface area contributed by atoms with Crippen molar-refractivity contribution in [2.75, 3.05) is 6.54 Å². The molecule has 0 spiro atoms. The van der Waals surface area contributed by atoms with Crippen LogP contribution in [0.1, 0.15) is 40.5 Å². The average molecular weight is 197 g/mol. The highest BCUT2D eigenvalue weighted by molar-refractivity contribution is 5.87. The molecule has 1 aliphatic rings. The van der Waals surface area contributed by atoms with Gasteiger partial charge in [0.2, 0.25) is 5.91 Å². The lowest BCUT2D eigenvalue weighted by Crippen LogP contribution is -2.50. The van der Waals surface area contributed by atoms with Gasteiger partial charge in [0.15, 0.2) is 5.78 Å². The van der Waals surface area contributed by atoms with E-state index in [0.717, 1.165) is 12.8 Å². The summed E-state index contributed by atoms with van der Waals surface area (Å²) < 4.78 is 0. The Labute approximate surface area is 85.5 Å². The summed E-state index contributed by atoms with van der Waals surface area (Å²) in [5.74, 6) is 0.119. The molecule has 3 nitrogen and oxygen atoms in total. The first kappa shape index (κ1) is 11.2. The number of amides is 1. The van der Waals surface area contributed by atoms with Crippen LogP contribution < -0.4 is 0 Å². The van der Waals surface area contributed by atoms with Crippen LogP contribution in [-0.2, 0) is 9.59 Å². The summed E-state index contributed by atoms with van der Waals surface area (Å²) in [7, 11) is 0. The van der Waals surface area contributed by atoms with Crippen molar-refractivity contribution in [3.63, 3.8) is 0 Å². The van der Waals surface area contributed by atoms with E-state index in [1.165, 1.54) is 6.92 Å². The summed E-state index contributed by atoms with van der Waals surface area (Å²) in [5.41, 5.74) is 0.183. The monoisotopic (exact) mass is 197 g/mol. The van der Waals surface area contributed by atoms with Crippen LogP contribution in [-0.4, -0.2) is 29.2 Å². The van der Waals surface area contributed by atoms with Gasteiger partial charge in [-0.15, -0.1) is 0 Å². The summed E-state index contributed by atoms with van der Waals surface area (Å²) in [4.78, 5) is 24.4. The summed E-state index contributed by atoms with van der Waals surface area (Å²) in [6, 6.07) is -0.198. The third-order valence-corrected chi connectivity index (χ3v) is 3.03. The normalized spacial score (nSPS) is 26.0. The van der Waals surface area contributed by atoms with Crippen molar-refractivity contribution in [1.82, 2.24) is 4.90 Å². The van der Waals surface area contributed by atoms with E-state index in [0.29, 0.717) is 6.54 Å². The van der Waals surface area contributed by atoms with Crippen LogP contribution in [0.2, 0.25) is 0 Å². The van der Waals surface area contributed by atoms with Crippen LogP contribution >= 0.6 is 0 Å². The summed E-state index contributed by atoms with van der Waals surface area (Å²) in [6.07, 6.45) is 1.78. The van der Waals surface area contributed by atoms with Crippen molar-refractivity contribution < 1.29 is 9.59 Å². The maximum absolute atomic E-state index is 11.4. The van der Waals surface area contributed by atoms with Gasteiger partial charge in [-0.05, 0) is 25.2 Å². The Morgan fingerprint density at radius 2 is 1.86 bits per heavy atom. The molecule has 1 fully saturated rings. The Balaban J connectivity index is 2.81. The zero-order chi connectivity index (χ0) is 10.9. The molecule has 0 aliphatic carbocycles. The Hall–Kier alpha value is -0.860. The number of hydrogen-bond donors (Lipinski definition) is 0. The lowest BCUT2D eigenvalue weighted by Gasteiger charge is -2.41. The zero-order valence-electron chi connectivity index (χ0n) is 9.46. The molecule has 1 atom stereocenters. The number of hydrogen-bond acceptors (Lipinski definition) is 2. The first-order chi connectivity index (χ1) is 6.33. The van der Waals surface area contributed by atoms with E-state index in [-0.39, 0.29) is 23.1 Å². The smallest absolute Gasteiger partial charge is 0.220 e. The number of carbonyl (C=O) groups is 2. The molecule has 0 unspecified atom stereocenters. The fourth-order valence-electron chi connectivity index (χ4n) is 2.05. The number of carbonyl (C=O) groups excluding carboxylic acids is 2. The van der Waals surface area contributed by atoms with E-state index < -0.39 is 0 Å². The molecule has 3 heteroatoms. The summed E-state index contributed by atoms with van der Waals surface area (Å²) in [6.45, 7) is 8.13. The molecule has 0 aromatic carbocycles. The first-order valence-electron chi connectivity index (χ1n) is 5.11. The number of Topliss-reactive ketones (excluding diaryl/α,β-unsaturated/α-hetero) is 1. The van der Waals surface area contributed by atoms with Gasteiger partial charge in [0.25, 0.3) is 0 Å². The molecule has 1 amide bonds. The van der Waals surface area contributed by atoms with Crippen LogP contribution in [0.25, 0.3) is 0 Å². The molecule has 0 radical (unpaired) electrons. The third-order valence-electron chi connectivity index (χ3n) is 3.03. The maximum Gasteiger partial charge on any atom is 0.220 e. The Bertz CT molecular complexity index is 258. The minimum atomic E-state index is -0.198. The lowest BCUT2D eigenvalue weighted by molar-refractivity contribution is -0.141. The predicted molar refractivity (Wildman–Crippen MR) is 54.9 cm³/mol. The van der Waals surface area contributed by atoms with Crippen molar-refractivity contribution in [2.45, 2.75) is 46.6 Å². The highest BCUT2D eigenvalue weighted by Gasteiger charge is 2.36. The summed E-state index contributed by atoms with van der Waals surface area (Å²) in [5, 5.41) is 0. The molecule has 1 heterocycles. The summed E-state index contributed by atoms with van der Waals surface area (Å²) >= 11 is 0. The van der Waals surface area contributed by atoms with Crippen molar-refractivity contribution in [3.8, 4) is 0 Å². The fourth-order valence-corrected chi connectivity index (χ4v) is 2.05. The standard InChI is InChI=1S/C11H19NO2/c1-8(13)10-7-11(3,4)5-6-12(10)9(2)14/h10H,5-7H2,1-4H3/t10-/m0/s1. The molecule has 14 heavy (non-hydrogen) atoms. The molecule has 0 N–H and O–H groups in total. The molecule has 0 saturated carbocycles. The van der Waals surface area contributed by atoms with Crippen LogP contribution in [0, 0.1) is 5.41 Å². The zero-order valence-corrected chi connectivity index (χ0v) is 9.46. The number of ketones is 1. The number of likely N-dealkylation sites (tertiary alicyclic amines) is 1. The van der Waals surface area contributed by atoms with Gasteiger partial charge < -0.3 is 4.90 Å². The maximum atomic E-state index is 11.4. The van der Waals surface area contributed by atoms with Gasteiger partial charge in [0.1, 0.15) is 0 Å². The van der Waals surface area contributed by atoms with Crippen LogP contribution in [0.4, 0.5) is 0 Å². The average Bonchev–Trinajstić information content (AvgIpc) is 2.01. The molecule has 1 rings (SSSR count). The molecular weight excluding hydrogens is 178 g/mol. The quantitative estimate of drug-likeness (QED) is 0.640. The number of piperidine rings is 1. The fraction of sp³-hybridized carbons (Fsp3) is 0.818. The second kappa shape index (κ2) is 3.71. The number of nitrogens with zero attached hydrogens (tertiary/aromatic N) is 1. The second-order valence-electron chi connectivity index (χ2n) is 4.96. The van der Waals surface area contributed by atoms with E-state index in [2.05, 4.69) is 13.8 Å². The molecular formula is C11H19NO2. The topological polar surface area (TPSA) is 37.4 Å². The van der Waals surface area contributed by atoms with Gasteiger partial charge in [-0.1, -0.05) is 13.8 Å². The molecule has 0 bridgehead atoms. The lowest BCUT2D eigenvalue weighted by atomic mass is 9.78. The van der Waals surface area contributed by atoms with Crippen molar-refractivity contribution in [3.05, 3.63) is 0 Å². The van der Waals surface area contributed by atoms with E-state index in [4.69, 9.17) is 0 Å². The predicted octanol–water partition coefficient (Wildman–Crippen LogP) is 1.61. The minimum absolute atomic E-state index is 0.0145. The second-order valence-corrected chi connectivity index (χ2v) is 4.96. The Kier molecular flexibility index (Phi) is 2.98. The van der Waals surface area contributed by atoms with Gasteiger partial charge in [-0.2, -0.15) is 0 Å². The van der Waals surface area contributed by atoms with E-state index in [1.54, 1.807) is 11.8 Å². The van der Waals surface area contributed by atoms with Crippen LogP contribution in [0.5, 0.6) is 0 Å². The van der Waals surface area contributed by atoms with E-state index in [1.807, 2.05) is 0 Å². The molecule has 1 aliphatic heterocycles. The Morgan fingerprint density at radius 1 is 1.29 bits per heavy atom. The molecule has 0 aromatic heterocycles. The van der Waals surface area contributed by atoms with Crippen molar-refractivity contribution in [2.24, 2.45) is 5.41 Å². The van der Waals surface area contributed by atoms with E-state index in [9.17, 15) is 9.59 Å². The molecule has 80 valence electrons. The minimum Gasteiger partial charge on any atom is -0.333 e. The van der Waals surface area contributed by atoms with Gasteiger partial charge >= 0.3 is 0 Å². The van der Waals surface area contributed by atoms with Crippen molar-refractivity contribution in [1.29, 1.82) is 0 Å². The van der Waals surface area contributed by atoms with Gasteiger partial charge in [0, 0.05) is 13.5 Å². The van der Waals surface area contributed by atoms with E-state index >= 15 is 0 Å². The molecule has 1 saturated heterocycles. The largest absolute Gasteiger partial charge is 0.333 e. The number of rotatable bonds is 1. The van der Waals surface area contributed by atoms with Gasteiger partial charge in [-0.25, -0.2) is 0 Å². The SMILES string of the molecule is CC(=O)[C@@H]1CC(C)(C)CCN1C(C)=O. The third kappa shape index (κ3) is 2.34.